The monoisotopic (exact) mass is 500 g/mol. The molecule has 0 unspecified atom stereocenters. The molecule has 1 aliphatic rings. The van der Waals surface area contributed by atoms with Crippen LogP contribution in [0.25, 0.3) is 28.1 Å². The number of carboxylic acids is 1. The minimum absolute atomic E-state index is 0.123. The Morgan fingerprint density at radius 3 is 2.66 bits per heavy atom. The molecule has 9 heteroatoms. The van der Waals surface area contributed by atoms with Gasteiger partial charge in [0.25, 0.3) is 5.91 Å². The molecule has 35 heavy (non-hydrogen) atoms. The number of nitrogens with zero attached hydrogens (tertiary/aromatic N) is 2. The predicted octanol–water partition coefficient (Wildman–Crippen LogP) is 4.95. The van der Waals surface area contributed by atoms with Gasteiger partial charge in [-0.25, -0.2) is 4.79 Å². The van der Waals surface area contributed by atoms with Crippen LogP contribution in [-0.4, -0.2) is 42.9 Å². The van der Waals surface area contributed by atoms with Gasteiger partial charge in [-0.15, -0.1) is 0 Å². The summed E-state index contributed by atoms with van der Waals surface area (Å²) in [5, 5.41) is 16.9. The first-order chi connectivity index (χ1) is 16.9. The Morgan fingerprint density at radius 2 is 1.89 bits per heavy atom. The third-order valence-electron chi connectivity index (χ3n) is 5.81. The van der Waals surface area contributed by atoms with E-state index >= 15 is 0 Å². The molecular formula is C26H20N4O3S2. The maximum absolute atomic E-state index is 13.0. The van der Waals surface area contributed by atoms with Crippen molar-refractivity contribution in [2.75, 3.05) is 12.3 Å². The number of H-pyrrole nitrogens is 1. The number of amides is 1. The first kappa shape index (κ1) is 22.8. The number of hydrogen-bond acceptors (Lipinski definition) is 6. The van der Waals surface area contributed by atoms with Crippen molar-refractivity contribution in [2.45, 2.75) is 6.42 Å². The molecule has 1 aliphatic heterocycles. The number of fused-ring (bicyclic) bond motifs is 1. The number of carbonyl (C=O) groups excluding carboxylic acids is 1. The molecule has 1 aromatic heterocycles. The van der Waals surface area contributed by atoms with Gasteiger partial charge in [-0.1, -0.05) is 60.4 Å². The SMILES string of the molecule is Nc1n[nH]c2cc(-c3cccc(/C=C4\SC(=S)N(CCc5ccc(C(=O)O)cc5)C4=O)c3)ccc12. The average Bonchev–Trinajstić information content (AvgIpc) is 3.36. The number of aromatic amines is 1. The lowest BCUT2D eigenvalue weighted by molar-refractivity contribution is -0.122. The summed E-state index contributed by atoms with van der Waals surface area (Å²) in [5.41, 5.74) is 10.8. The second-order valence-electron chi connectivity index (χ2n) is 8.08. The van der Waals surface area contributed by atoms with Crippen LogP contribution in [-0.2, 0) is 11.2 Å². The maximum Gasteiger partial charge on any atom is 0.335 e. The summed E-state index contributed by atoms with van der Waals surface area (Å²) in [6.45, 7) is 0.432. The molecule has 0 radical (unpaired) electrons. The van der Waals surface area contributed by atoms with Gasteiger partial charge in [-0.3, -0.25) is 14.8 Å². The van der Waals surface area contributed by atoms with E-state index in [1.165, 1.54) is 11.8 Å². The van der Waals surface area contributed by atoms with E-state index in [0.29, 0.717) is 28.0 Å². The molecule has 174 valence electrons. The van der Waals surface area contributed by atoms with Crippen LogP contribution < -0.4 is 5.73 Å². The number of nitrogen functional groups attached to an aromatic ring is 1. The fraction of sp³-hybridized carbons (Fsp3) is 0.0769. The number of thioether (sulfide) groups is 1. The van der Waals surface area contributed by atoms with Crippen LogP contribution >= 0.6 is 24.0 Å². The minimum Gasteiger partial charge on any atom is -0.478 e. The summed E-state index contributed by atoms with van der Waals surface area (Å²) in [6, 6.07) is 20.5. The lowest BCUT2D eigenvalue weighted by Crippen LogP contribution is -2.30. The Bertz CT molecular complexity index is 1510. The topological polar surface area (TPSA) is 112 Å². The molecule has 4 aromatic rings. The predicted molar refractivity (Wildman–Crippen MR) is 143 cm³/mol. The molecular weight excluding hydrogens is 480 g/mol. The van der Waals surface area contributed by atoms with Gasteiger partial charge in [-0.2, -0.15) is 5.10 Å². The first-order valence-electron chi connectivity index (χ1n) is 10.8. The van der Waals surface area contributed by atoms with Crippen LogP contribution in [0.4, 0.5) is 5.82 Å². The highest BCUT2D eigenvalue weighted by Gasteiger charge is 2.31. The maximum atomic E-state index is 13.0. The molecule has 0 atom stereocenters. The van der Waals surface area contributed by atoms with Gasteiger partial charge in [0.1, 0.15) is 4.32 Å². The molecule has 1 amide bonds. The van der Waals surface area contributed by atoms with Crippen LogP contribution in [0.15, 0.2) is 71.6 Å². The fourth-order valence-electron chi connectivity index (χ4n) is 3.93. The standard InChI is InChI=1S/C26H20N4O3S2/c27-23-20-9-8-19(14-21(20)28-29-23)18-3-1-2-16(12-18)13-22-24(31)30(26(34)35-22)11-10-15-4-6-17(7-5-15)25(32)33/h1-9,12-14H,10-11H2,(H,32,33)(H3,27,28,29)/b22-13-. The first-order valence-corrected chi connectivity index (χ1v) is 12.0. The second-order valence-corrected chi connectivity index (χ2v) is 9.76. The Labute approximate surface area is 210 Å². The normalized spacial score (nSPS) is 14.9. The molecule has 0 saturated carbocycles. The number of nitrogens with two attached hydrogens (primary N) is 1. The molecule has 2 heterocycles. The number of rotatable bonds is 6. The van der Waals surface area contributed by atoms with Gasteiger partial charge < -0.3 is 10.8 Å². The number of aromatic carboxylic acids is 1. The van der Waals surface area contributed by atoms with Gasteiger partial charge >= 0.3 is 5.97 Å². The number of nitrogens with one attached hydrogen (secondary N) is 1. The Hall–Kier alpha value is -3.95. The van der Waals surface area contributed by atoms with Crippen molar-refractivity contribution in [1.82, 2.24) is 15.1 Å². The van der Waals surface area contributed by atoms with Crippen LogP contribution in [0.1, 0.15) is 21.5 Å². The number of hydrogen-bond donors (Lipinski definition) is 3. The number of carbonyl (C=O) groups is 2. The average molecular weight is 501 g/mol. The highest BCUT2D eigenvalue weighted by atomic mass is 32.2. The van der Waals surface area contributed by atoms with Crippen LogP contribution in [0.3, 0.4) is 0 Å². The highest BCUT2D eigenvalue weighted by molar-refractivity contribution is 8.26. The van der Waals surface area contributed by atoms with E-state index in [4.69, 9.17) is 23.1 Å². The van der Waals surface area contributed by atoms with Crippen LogP contribution in [0, 0.1) is 0 Å². The zero-order valence-electron chi connectivity index (χ0n) is 18.4. The smallest absolute Gasteiger partial charge is 0.335 e. The van der Waals surface area contributed by atoms with Gasteiger partial charge in [-0.05, 0) is 65.1 Å². The second kappa shape index (κ2) is 9.36. The van der Waals surface area contributed by atoms with Gasteiger partial charge in [0.15, 0.2) is 5.82 Å². The summed E-state index contributed by atoms with van der Waals surface area (Å²) >= 11 is 6.75. The van der Waals surface area contributed by atoms with Gasteiger partial charge in [0.05, 0.1) is 16.0 Å². The van der Waals surface area contributed by atoms with E-state index in [9.17, 15) is 9.59 Å². The highest BCUT2D eigenvalue weighted by Crippen LogP contribution is 2.33. The summed E-state index contributed by atoms with van der Waals surface area (Å²) in [4.78, 5) is 26.2. The molecule has 0 bridgehead atoms. The zero-order chi connectivity index (χ0) is 24.5. The molecule has 1 saturated heterocycles. The molecule has 4 N–H and O–H groups in total. The van der Waals surface area contributed by atoms with E-state index in [-0.39, 0.29) is 11.5 Å². The van der Waals surface area contributed by atoms with E-state index in [1.807, 2.05) is 48.5 Å². The number of carboxylic acid groups (broad SMARTS) is 1. The summed E-state index contributed by atoms with van der Waals surface area (Å²) in [7, 11) is 0. The fourth-order valence-corrected chi connectivity index (χ4v) is 5.24. The molecule has 0 spiro atoms. The number of aromatic nitrogens is 2. The molecule has 3 aromatic carbocycles. The quantitative estimate of drug-likeness (QED) is 0.254. The Morgan fingerprint density at radius 1 is 1.11 bits per heavy atom. The molecule has 1 fully saturated rings. The van der Waals surface area contributed by atoms with Crippen molar-refractivity contribution >= 4 is 63.0 Å². The third kappa shape index (κ3) is 4.68. The van der Waals surface area contributed by atoms with E-state index in [1.54, 1.807) is 29.2 Å². The Kier molecular flexibility index (Phi) is 6.10. The van der Waals surface area contributed by atoms with E-state index < -0.39 is 5.97 Å². The third-order valence-corrected chi connectivity index (χ3v) is 7.19. The lowest BCUT2D eigenvalue weighted by atomic mass is 10.0. The molecule has 0 aliphatic carbocycles. The summed E-state index contributed by atoms with van der Waals surface area (Å²) in [6.07, 6.45) is 2.44. The number of thiocarbonyl (C=S) groups is 1. The van der Waals surface area contributed by atoms with E-state index in [2.05, 4.69) is 10.2 Å². The minimum atomic E-state index is -0.964. The van der Waals surface area contributed by atoms with Crippen molar-refractivity contribution in [3.05, 3.63) is 88.3 Å². The van der Waals surface area contributed by atoms with Crippen LogP contribution in [0.2, 0.25) is 0 Å². The van der Waals surface area contributed by atoms with Crippen molar-refractivity contribution < 1.29 is 14.7 Å². The summed E-state index contributed by atoms with van der Waals surface area (Å²) < 4.78 is 0.516. The summed E-state index contributed by atoms with van der Waals surface area (Å²) in [5.74, 6) is -0.615. The molecule has 5 rings (SSSR count). The largest absolute Gasteiger partial charge is 0.478 e. The Balaban J connectivity index is 1.32. The van der Waals surface area contributed by atoms with Crippen molar-refractivity contribution in [3.63, 3.8) is 0 Å². The zero-order valence-corrected chi connectivity index (χ0v) is 20.0. The van der Waals surface area contributed by atoms with Crippen molar-refractivity contribution in [1.29, 1.82) is 0 Å². The molecule has 7 nitrogen and oxygen atoms in total. The van der Waals surface area contributed by atoms with Crippen LogP contribution in [0.5, 0.6) is 0 Å². The van der Waals surface area contributed by atoms with Crippen molar-refractivity contribution in [2.24, 2.45) is 0 Å². The number of benzene rings is 3. The lowest BCUT2D eigenvalue weighted by Gasteiger charge is -2.14. The number of anilines is 1. The van der Waals surface area contributed by atoms with E-state index in [0.717, 1.165) is 33.2 Å². The van der Waals surface area contributed by atoms with Crippen molar-refractivity contribution in [3.8, 4) is 11.1 Å². The van der Waals surface area contributed by atoms with Gasteiger partial charge in [0.2, 0.25) is 0 Å². The van der Waals surface area contributed by atoms with Gasteiger partial charge in [0, 0.05) is 11.9 Å².